The van der Waals surface area contributed by atoms with Crippen molar-refractivity contribution < 1.29 is 14.6 Å². The first-order valence-corrected chi connectivity index (χ1v) is 6.45. The van der Waals surface area contributed by atoms with Crippen LogP contribution in [0.4, 0.5) is 0 Å². The Morgan fingerprint density at radius 1 is 1.20 bits per heavy atom. The van der Waals surface area contributed by atoms with E-state index in [0.717, 1.165) is 17.9 Å². The van der Waals surface area contributed by atoms with Crippen molar-refractivity contribution in [1.29, 1.82) is 0 Å². The average Bonchev–Trinajstić information content (AvgIpc) is 2.93. The number of aliphatic hydroxyl groups excluding tert-OH is 1. The first-order chi connectivity index (χ1) is 9.67. The lowest BCUT2D eigenvalue weighted by Gasteiger charge is -2.14. The van der Waals surface area contributed by atoms with Gasteiger partial charge in [0.2, 0.25) is 0 Å². The Morgan fingerprint density at radius 3 is 2.40 bits per heavy atom. The van der Waals surface area contributed by atoms with Crippen LogP contribution in [0.25, 0.3) is 0 Å². The molecule has 1 heterocycles. The molecule has 1 aromatic carbocycles. The Kier molecular flexibility index (Phi) is 4.57. The van der Waals surface area contributed by atoms with Gasteiger partial charge in [0.1, 0.15) is 23.7 Å². The Balaban J connectivity index is 2.22. The number of nitrogens with zero attached hydrogens (tertiary/aromatic N) is 3. The maximum absolute atomic E-state index is 10.4. The molecular weight excluding hydrogens is 258 g/mol. The lowest BCUT2D eigenvalue weighted by Crippen LogP contribution is -2.09. The second kappa shape index (κ2) is 6.38. The zero-order valence-corrected chi connectivity index (χ0v) is 11.9. The van der Waals surface area contributed by atoms with Crippen molar-refractivity contribution in [3.05, 3.63) is 35.9 Å². The van der Waals surface area contributed by atoms with E-state index in [1.807, 2.05) is 6.92 Å². The quantitative estimate of drug-likeness (QED) is 0.868. The zero-order chi connectivity index (χ0) is 14.5. The van der Waals surface area contributed by atoms with E-state index in [4.69, 9.17) is 9.47 Å². The highest BCUT2D eigenvalue weighted by Gasteiger charge is 2.15. The maximum atomic E-state index is 10.4. The molecule has 1 aromatic heterocycles. The van der Waals surface area contributed by atoms with Crippen LogP contribution in [-0.2, 0) is 13.0 Å². The highest BCUT2D eigenvalue weighted by molar-refractivity contribution is 5.39. The summed E-state index contributed by atoms with van der Waals surface area (Å²) in [4.78, 5) is 4.17. The predicted octanol–water partition coefficient (Wildman–Crippen LogP) is 1.59. The molecule has 6 heteroatoms. The summed E-state index contributed by atoms with van der Waals surface area (Å²) in [6.07, 6.45) is 1.20. The molecule has 20 heavy (non-hydrogen) atoms. The molecule has 0 amide bonds. The SMILES string of the molecule is CCn1ncnc1CC(O)c1cc(OC)cc(OC)c1. The number of aliphatic hydroxyl groups is 1. The third kappa shape index (κ3) is 3.08. The van der Waals surface area contributed by atoms with Crippen molar-refractivity contribution in [2.75, 3.05) is 14.2 Å². The molecule has 1 unspecified atom stereocenters. The van der Waals surface area contributed by atoms with E-state index in [-0.39, 0.29) is 0 Å². The minimum absolute atomic E-state index is 0.393. The first kappa shape index (κ1) is 14.3. The summed E-state index contributed by atoms with van der Waals surface area (Å²) in [7, 11) is 3.16. The van der Waals surface area contributed by atoms with Crippen LogP contribution in [0.15, 0.2) is 24.5 Å². The second-order valence-electron chi connectivity index (χ2n) is 4.36. The molecule has 0 radical (unpaired) electrons. The van der Waals surface area contributed by atoms with Crippen LogP contribution in [-0.4, -0.2) is 34.1 Å². The number of hydrogen-bond acceptors (Lipinski definition) is 5. The number of aromatic nitrogens is 3. The maximum Gasteiger partial charge on any atom is 0.138 e. The van der Waals surface area contributed by atoms with Crippen LogP contribution in [0.3, 0.4) is 0 Å². The van der Waals surface area contributed by atoms with Gasteiger partial charge < -0.3 is 14.6 Å². The molecule has 2 aromatic rings. The largest absolute Gasteiger partial charge is 0.497 e. The third-order valence-electron chi connectivity index (χ3n) is 3.13. The highest BCUT2D eigenvalue weighted by Crippen LogP contribution is 2.27. The Morgan fingerprint density at radius 2 is 1.85 bits per heavy atom. The Labute approximate surface area is 118 Å². The van der Waals surface area contributed by atoms with Crippen LogP contribution in [0.1, 0.15) is 24.4 Å². The minimum Gasteiger partial charge on any atom is -0.497 e. The van der Waals surface area contributed by atoms with Crippen molar-refractivity contribution in [3.63, 3.8) is 0 Å². The van der Waals surface area contributed by atoms with Crippen molar-refractivity contribution in [3.8, 4) is 11.5 Å². The molecule has 0 saturated heterocycles. The summed E-state index contributed by atoms with van der Waals surface area (Å²) in [6.45, 7) is 2.71. The smallest absolute Gasteiger partial charge is 0.138 e. The normalized spacial score (nSPS) is 12.2. The van der Waals surface area contributed by atoms with E-state index in [2.05, 4.69) is 10.1 Å². The number of benzene rings is 1. The van der Waals surface area contributed by atoms with Gasteiger partial charge in [-0.25, -0.2) is 4.98 Å². The molecule has 108 valence electrons. The van der Waals surface area contributed by atoms with Gasteiger partial charge in [0.15, 0.2) is 0 Å². The van der Waals surface area contributed by atoms with Gasteiger partial charge in [0, 0.05) is 19.0 Å². The van der Waals surface area contributed by atoms with Gasteiger partial charge >= 0.3 is 0 Å². The van der Waals surface area contributed by atoms with Gasteiger partial charge in [-0.2, -0.15) is 5.10 Å². The first-order valence-electron chi connectivity index (χ1n) is 6.45. The monoisotopic (exact) mass is 277 g/mol. The Bertz CT molecular complexity index is 546. The fourth-order valence-corrected chi connectivity index (χ4v) is 2.02. The van der Waals surface area contributed by atoms with Gasteiger partial charge in [-0.15, -0.1) is 0 Å². The second-order valence-corrected chi connectivity index (χ2v) is 4.36. The van der Waals surface area contributed by atoms with Gasteiger partial charge in [-0.1, -0.05) is 0 Å². The van der Waals surface area contributed by atoms with Gasteiger partial charge in [0.25, 0.3) is 0 Å². The van der Waals surface area contributed by atoms with Crippen molar-refractivity contribution in [2.45, 2.75) is 26.0 Å². The lowest BCUT2D eigenvalue weighted by molar-refractivity contribution is 0.173. The lowest BCUT2D eigenvalue weighted by atomic mass is 10.1. The summed E-state index contributed by atoms with van der Waals surface area (Å²) in [5.74, 6) is 2.05. The number of methoxy groups -OCH3 is 2. The number of hydrogen-bond donors (Lipinski definition) is 1. The molecule has 0 spiro atoms. The van der Waals surface area contributed by atoms with Crippen LogP contribution < -0.4 is 9.47 Å². The summed E-state index contributed by atoms with van der Waals surface area (Å²) in [5, 5.41) is 14.5. The van der Waals surface area contributed by atoms with Crippen LogP contribution in [0, 0.1) is 0 Å². The number of rotatable bonds is 6. The summed E-state index contributed by atoms with van der Waals surface area (Å²) < 4.78 is 12.2. The molecule has 6 nitrogen and oxygen atoms in total. The van der Waals surface area contributed by atoms with E-state index in [1.54, 1.807) is 37.1 Å². The molecule has 0 aliphatic rings. The van der Waals surface area contributed by atoms with E-state index in [9.17, 15) is 5.11 Å². The minimum atomic E-state index is -0.687. The molecule has 2 rings (SSSR count). The molecule has 0 bridgehead atoms. The van der Waals surface area contributed by atoms with E-state index in [1.165, 1.54) is 6.33 Å². The van der Waals surface area contributed by atoms with Crippen molar-refractivity contribution in [1.82, 2.24) is 14.8 Å². The fraction of sp³-hybridized carbons (Fsp3) is 0.429. The van der Waals surface area contributed by atoms with Crippen LogP contribution in [0.2, 0.25) is 0 Å². The van der Waals surface area contributed by atoms with E-state index < -0.39 is 6.10 Å². The van der Waals surface area contributed by atoms with Crippen molar-refractivity contribution >= 4 is 0 Å². The molecular formula is C14H19N3O3. The van der Waals surface area contributed by atoms with E-state index in [0.29, 0.717) is 17.9 Å². The number of aryl methyl sites for hydroxylation is 1. The summed E-state index contributed by atoms with van der Waals surface area (Å²) in [6, 6.07) is 5.35. The predicted molar refractivity (Wildman–Crippen MR) is 73.9 cm³/mol. The van der Waals surface area contributed by atoms with E-state index >= 15 is 0 Å². The molecule has 0 fully saturated rings. The molecule has 0 saturated carbocycles. The molecule has 1 atom stereocenters. The summed E-state index contributed by atoms with van der Waals surface area (Å²) >= 11 is 0. The molecule has 0 aliphatic carbocycles. The summed E-state index contributed by atoms with van der Waals surface area (Å²) in [5.41, 5.74) is 0.729. The standard InChI is InChI=1S/C14H19N3O3/c1-4-17-14(15-9-16-17)8-13(18)10-5-11(19-2)7-12(6-10)20-3/h5-7,9,13,18H,4,8H2,1-3H3. The zero-order valence-electron chi connectivity index (χ0n) is 11.9. The molecule has 1 N–H and O–H groups in total. The number of ether oxygens (including phenoxy) is 2. The fourth-order valence-electron chi connectivity index (χ4n) is 2.02. The third-order valence-corrected chi connectivity index (χ3v) is 3.13. The Hall–Kier alpha value is -2.08. The van der Waals surface area contributed by atoms with Gasteiger partial charge in [-0.05, 0) is 24.6 Å². The molecule has 0 aliphatic heterocycles. The highest BCUT2D eigenvalue weighted by atomic mass is 16.5. The van der Waals surface area contributed by atoms with Crippen molar-refractivity contribution in [2.24, 2.45) is 0 Å². The average molecular weight is 277 g/mol. The van der Waals surface area contributed by atoms with Crippen LogP contribution in [0.5, 0.6) is 11.5 Å². The van der Waals surface area contributed by atoms with Gasteiger partial charge in [-0.3, -0.25) is 4.68 Å². The van der Waals surface area contributed by atoms with Gasteiger partial charge in [0.05, 0.1) is 20.3 Å². The van der Waals surface area contributed by atoms with Crippen LogP contribution >= 0.6 is 0 Å². The topological polar surface area (TPSA) is 69.4 Å².